The molecular formula is C21H25FN2O. The Morgan fingerprint density at radius 3 is 2.32 bits per heavy atom. The average molecular weight is 340 g/mol. The van der Waals surface area contributed by atoms with Crippen LogP contribution in [0.15, 0.2) is 54.6 Å². The maximum absolute atomic E-state index is 13.2. The Hall–Kier alpha value is -2.20. The monoisotopic (exact) mass is 340 g/mol. The third-order valence-corrected chi connectivity index (χ3v) is 4.85. The molecule has 25 heavy (non-hydrogen) atoms. The minimum atomic E-state index is -0.273. The third-order valence-electron chi connectivity index (χ3n) is 4.85. The molecule has 0 N–H and O–H groups in total. The number of rotatable bonds is 5. The first kappa shape index (κ1) is 17.6. The SMILES string of the molecule is CCC(=O)N(c1ccc(F)cc1)C1CCN(Cc2ccccc2)CC1. The van der Waals surface area contributed by atoms with Crippen molar-refractivity contribution >= 4 is 11.6 Å². The van der Waals surface area contributed by atoms with Crippen LogP contribution in [0.25, 0.3) is 0 Å². The lowest BCUT2D eigenvalue weighted by molar-refractivity contribution is -0.119. The van der Waals surface area contributed by atoms with Crippen LogP contribution in [0.2, 0.25) is 0 Å². The quantitative estimate of drug-likeness (QED) is 0.813. The summed E-state index contributed by atoms with van der Waals surface area (Å²) in [4.78, 5) is 16.8. The van der Waals surface area contributed by atoms with Crippen molar-refractivity contribution in [1.82, 2.24) is 4.90 Å². The fourth-order valence-corrected chi connectivity index (χ4v) is 3.51. The van der Waals surface area contributed by atoms with Gasteiger partial charge in [-0.25, -0.2) is 4.39 Å². The van der Waals surface area contributed by atoms with Crippen molar-refractivity contribution in [2.24, 2.45) is 0 Å². The van der Waals surface area contributed by atoms with Crippen LogP contribution >= 0.6 is 0 Å². The summed E-state index contributed by atoms with van der Waals surface area (Å²) in [5.41, 5.74) is 2.12. The molecule has 0 unspecified atom stereocenters. The molecule has 1 amide bonds. The molecular weight excluding hydrogens is 315 g/mol. The molecule has 1 aliphatic rings. The number of piperidine rings is 1. The Labute approximate surface area is 149 Å². The summed E-state index contributed by atoms with van der Waals surface area (Å²) in [6, 6.07) is 16.9. The largest absolute Gasteiger partial charge is 0.309 e. The second kappa shape index (κ2) is 8.26. The Morgan fingerprint density at radius 1 is 1.08 bits per heavy atom. The molecule has 132 valence electrons. The number of carbonyl (C=O) groups is 1. The topological polar surface area (TPSA) is 23.6 Å². The number of anilines is 1. The molecule has 0 bridgehead atoms. The van der Waals surface area contributed by atoms with Gasteiger partial charge in [0.1, 0.15) is 5.82 Å². The van der Waals surface area contributed by atoms with E-state index in [4.69, 9.17) is 0 Å². The zero-order valence-corrected chi connectivity index (χ0v) is 14.7. The highest BCUT2D eigenvalue weighted by molar-refractivity contribution is 5.93. The van der Waals surface area contributed by atoms with Crippen molar-refractivity contribution in [1.29, 1.82) is 0 Å². The van der Waals surface area contributed by atoms with Crippen LogP contribution in [0.5, 0.6) is 0 Å². The van der Waals surface area contributed by atoms with Crippen molar-refractivity contribution in [3.8, 4) is 0 Å². The second-order valence-corrected chi connectivity index (χ2v) is 6.59. The van der Waals surface area contributed by atoms with Gasteiger partial charge in [0.05, 0.1) is 0 Å². The van der Waals surface area contributed by atoms with Gasteiger partial charge in [-0.15, -0.1) is 0 Å². The maximum Gasteiger partial charge on any atom is 0.226 e. The molecule has 1 fully saturated rings. The molecule has 4 heteroatoms. The molecule has 0 spiro atoms. The van der Waals surface area contributed by atoms with E-state index in [2.05, 4.69) is 29.2 Å². The number of amides is 1. The van der Waals surface area contributed by atoms with Crippen LogP contribution in [0.3, 0.4) is 0 Å². The number of nitrogens with zero attached hydrogens (tertiary/aromatic N) is 2. The zero-order chi connectivity index (χ0) is 17.6. The number of halogens is 1. The van der Waals surface area contributed by atoms with Gasteiger partial charge in [0.2, 0.25) is 5.91 Å². The Morgan fingerprint density at radius 2 is 1.72 bits per heavy atom. The molecule has 2 aromatic rings. The first-order valence-corrected chi connectivity index (χ1v) is 9.01. The van der Waals surface area contributed by atoms with Gasteiger partial charge in [-0.1, -0.05) is 37.3 Å². The lowest BCUT2D eigenvalue weighted by atomic mass is 10.0. The Balaban J connectivity index is 1.66. The summed E-state index contributed by atoms with van der Waals surface area (Å²) >= 11 is 0. The summed E-state index contributed by atoms with van der Waals surface area (Å²) in [7, 11) is 0. The average Bonchev–Trinajstić information content (AvgIpc) is 2.65. The summed E-state index contributed by atoms with van der Waals surface area (Å²) in [6.45, 7) is 4.76. The van der Waals surface area contributed by atoms with E-state index in [1.807, 2.05) is 17.9 Å². The van der Waals surface area contributed by atoms with E-state index in [0.717, 1.165) is 38.2 Å². The molecule has 0 aliphatic carbocycles. The summed E-state index contributed by atoms with van der Waals surface area (Å²) < 4.78 is 13.2. The highest BCUT2D eigenvalue weighted by Gasteiger charge is 2.28. The fraction of sp³-hybridized carbons (Fsp3) is 0.381. The zero-order valence-electron chi connectivity index (χ0n) is 14.7. The van der Waals surface area contributed by atoms with Gasteiger partial charge < -0.3 is 4.90 Å². The highest BCUT2D eigenvalue weighted by Crippen LogP contribution is 2.25. The number of hydrogen-bond donors (Lipinski definition) is 0. The number of carbonyl (C=O) groups excluding carboxylic acids is 1. The normalized spacial score (nSPS) is 15.9. The molecule has 2 aromatic carbocycles. The fourth-order valence-electron chi connectivity index (χ4n) is 3.51. The Kier molecular flexibility index (Phi) is 5.82. The second-order valence-electron chi connectivity index (χ2n) is 6.59. The summed E-state index contributed by atoms with van der Waals surface area (Å²) in [5, 5.41) is 0. The molecule has 1 aliphatic heterocycles. The van der Waals surface area contributed by atoms with E-state index in [9.17, 15) is 9.18 Å². The standard InChI is InChI=1S/C21H25FN2O/c1-2-21(25)24(19-10-8-18(22)9-11-19)20-12-14-23(15-13-20)16-17-6-4-3-5-7-17/h3-11,20H,2,12-16H2,1H3. The molecule has 3 rings (SSSR count). The van der Waals surface area contributed by atoms with Crippen molar-refractivity contribution in [3.63, 3.8) is 0 Å². The highest BCUT2D eigenvalue weighted by atomic mass is 19.1. The van der Waals surface area contributed by atoms with Gasteiger partial charge >= 0.3 is 0 Å². The van der Waals surface area contributed by atoms with Crippen molar-refractivity contribution < 1.29 is 9.18 Å². The van der Waals surface area contributed by atoms with Gasteiger partial charge in [0.15, 0.2) is 0 Å². The van der Waals surface area contributed by atoms with E-state index in [-0.39, 0.29) is 17.8 Å². The number of benzene rings is 2. The van der Waals surface area contributed by atoms with E-state index < -0.39 is 0 Å². The Bertz CT molecular complexity index is 679. The summed E-state index contributed by atoms with van der Waals surface area (Å²) in [5.74, 6) is -0.168. The van der Waals surface area contributed by atoms with Gasteiger partial charge in [-0.2, -0.15) is 0 Å². The predicted molar refractivity (Wildman–Crippen MR) is 98.9 cm³/mol. The number of likely N-dealkylation sites (tertiary alicyclic amines) is 1. The van der Waals surface area contributed by atoms with E-state index in [0.29, 0.717) is 6.42 Å². The van der Waals surface area contributed by atoms with Crippen LogP contribution in [-0.4, -0.2) is 29.9 Å². The maximum atomic E-state index is 13.2. The molecule has 0 aromatic heterocycles. The predicted octanol–water partition coefficient (Wildman–Crippen LogP) is 4.23. The van der Waals surface area contributed by atoms with E-state index in [1.54, 1.807) is 12.1 Å². The first-order valence-electron chi connectivity index (χ1n) is 9.01. The van der Waals surface area contributed by atoms with Gasteiger partial charge in [0, 0.05) is 37.8 Å². The molecule has 0 saturated carbocycles. The van der Waals surface area contributed by atoms with Crippen molar-refractivity contribution in [2.45, 2.75) is 38.8 Å². The van der Waals surface area contributed by atoms with Gasteiger partial charge in [-0.3, -0.25) is 9.69 Å². The minimum absolute atomic E-state index is 0.105. The van der Waals surface area contributed by atoms with Crippen molar-refractivity contribution in [3.05, 3.63) is 66.0 Å². The molecule has 3 nitrogen and oxygen atoms in total. The molecule has 0 atom stereocenters. The van der Waals surface area contributed by atoms with Crippen LogP contribution in [0.1, 0.15) is 31.7 Å². The first-order chi connectivity index (χ1) is 12.2. The van der Waals surface area contributed by atoms with E-state index >= 15 is 0 Å². The lowest BCUT2D eigenvalue weighted by Gasteiger charge is -2.38. The minimum Gasteiger partial charge on any atom is -0.309 e. The van der Waals surface area contributed by atoms with Crippen LogP contribution in [-0.2, 0) is 11.3 Å². The van der Waals surface area contributed by atoms with Crippen LogP contribution in [0, 0.1) is 5.82 Å². The number of hydrogen-bond acceptors (Lipinski definition) is 2. The smallest absolute Gasteiger partial charge is 0.226 e. The van der Waals surface area contributed by atoms with Crippen LogP contribution < -0.4 is 4.90 Å². The van der Waals surface area contributed by atoms with Gasteiger partial charge in [-0.05, 0) is 42.7 Å². The molecule has 1 heterocycles. The molecule has 0 radical (unpaired) electrons. The van der Waals surface area contributed by atoms with Gasteiger partial charge in [0.25, 0.3) is 0 Å². The van der Waals surface area contributed by atoms with Crippen LogP contribution in [0.4, 0.5) is 10.1 Å². The van der Waals surface area contributed by atoms with Crippen molar-refractivity contribution in [2.75, 3.05) is 18.0 Å². The summed E-state index contributed by atoms with van der Waals surface area (Å²) in [6.07, 6.45) is 2.34. The molecule has 1 saturated heterocycles. The third kappa shape index (κ3) is 4.45. The lowest BCUT2D eigenvalue weighted by Crippen LogP contribution is -2.47. The van der Waals surface area contributed by atoms with E-state index in [1.165, 1.54) is 17.7 Å².